The molecular formula is C6H8N2O2. The van der Waals surface area contributed by atoms with Crippen LogP contribution >= 0.6 is 0 Å². The summed E-state index contributed by atoms with van der Waals surface area (Å²) in [5.41, 5.74) is 4.79. The Bertz CT molecular complexity index is 190. The van der Waals surface area contributed by atoms with E-state index in [2.05, 4.69) is 13.2 Å². The Hall–Kier alpha value is -1.58. The van der Waals surface area contributed by atoms with E-state index in [1.807, 2.05) is 0 Å². The third-order valence-electron chi connectivity index (χ3n) is 0.801. The van der Waals surface area contributed by atoms with Crippen LogP contribution in [0.5, 0.6) is 0 Å². The maximum Gasteiger partial charge on any atom is 0.291 e. The molecule has 0 radical (unpaired) electrons. The predicted molar refractivity (Wildman–Crippen MR) is 38.6 cm³/mol. The Balaban J connectivity index is 4.58. The number of hydrogen-bond donors (Lipinski definition) is 1. The summed E-state index contributed by atoms with van der Waals surface area (Å²) in [6.45, 7) is 6.50. The van der Waals surface area contributed by atoms with Gasteiger partial charge in [0.2, 0.25) is 0 Å². The molecule has 0 aromatic rings. The van der Waals surface area contributed by atoms with E-state index >= 15 is 0 Å². The number of nitro groups is 1. The van der Waals surface area contributed by atoms with Crippen molar-refractivity contribution in [3.05, 3.63) is 46.8 Å². The second-order valence-corrected chi connectivity index (χ2v) is 1.57. The first-order chi connectivity index (χ1) is 4.59. The minimum absolute atomic E-state index is 0.0649. The van der Waals surface area contributed by atoms with Gasteiger partial charge in [-0.3, -0.25) is 10.1 Å². The third-order valence-corrected chi connectivity index (χ3v) is 0.801. The van der Waals surface area contributed by atoms with Crippen LogP contribution in [0.25, 0.3) is 0 Å². The lowest BCUT2D eigenvalue weighted by Gasteiger charge is -1.92. The van der Waals surface area contributed by atoms with Gasteiger partial charge in [0, 0.05) is 6.08 Å². The maximum atomic E-state index is 10.1. The molecule has 54 valence electrons. The van der Waals surface area contributed by atoms with Crippen molar-refractivity contribution in [1.82, 2.24) is 0 Å². The molecule has 0 aromatic heterocycles. The first-order valence-corrected chi connectivity index (χ1v) is 2.51. The zero-order valence-electron chi connectivity index (χ0n) is 5.41. The fourth-order valence-corrected chi connectivity index (χ4v) is 0.397. The minimum atomic E-state index is -0.607. The monoisotopic (exact) mass is 140 g/mol. The van der Waals surface area contributed by atoms with E-state index in [0.717, 1.165) is 0 Å². The van der Waals surface area contributed by atoms with Crippen LogP contribution in [-0.4, -0.2) is 4.92 Å². The SMILES string of the molecule is C=C/C=C(\C(=C)N)[N+](=O)[O-]. The van der Waals surface area contributed by atoms with Crippen LogP contribution in [0.2, 0.25) is 0 Å². The molecule has 0 aliphatic heterocycles. The summed E-state index contributed by atoms with van der Waals surface area (Å²) < 4.78 is 0. The van der Waals surface area contributed by atoms with Gasteiger partial charge in [0.25, 0.3) is 5.70 Å². The second-order valence-electron chi connectivity index (χ2n) is 1.57. The molecule has 4 nitrogen and oxygen atoms in total. The average molecular weight is 140 g/mol. The van der Waals surface area contributed by atoms with Crippen molar-refractivity contribution in [2.75, 3.05) is 0 Å². The van der Waals surface area contributed by atoms with E-state index in [9.17, 15) is 10.1 Å². The molecule has 0 heterocycles. The summed E-state index contributed by atoms with van der Waals surface area (Å²) in [7, 11) is 0. The highest BCUT2D eigenvalue weighted by atomic mass is 16.6. The molecule has 0 spiro atoms. The van der Waals surface area contributed by atoms with E-state index in [1.54, 1.807) is 0 Å². The number of hydrogen-bond acceptors (Lipinski definition) is 3. The van der Waals surface area contributed by atoms with Gasteiger partial charge in [-0.25, -0.2) is 0 Å². The van der Waals surface area contributed by atoms with Gasteiger partial charge in [-0.1, -0.05) is 19.2 Å². The van der Waals surface area contributed by atoms with Gasteiger partial charge in [0.05, 0.1) is 4.92 Å². The van der Waals surface area contributed by atoms with E-state index in [4.69, 9.17) is 5.73 Å². The second kappa shape index (κ2) is 3.45. The zero-order valence-corrected chi connectivity index (χ0v) is 5.41. The molecule has 0 bridgehead atoms. The molecule has 2 N–H and O–H groups in total. The number of allylic oxidation sites excluding steroid dienone is 2. The standard InChI is InChI=1S/C6H8N2O2/c1-3-4-6(5(2)7)8(9)10/h3-4H,1-2,7H2/b6-4+. The Morgan fingerprint density at radius 1 is 1.70 bits per heavy atom. The highest BCUT2D eigenvalue weighted by Crippen LogP contribution is 2.01. The Morgan fingerprint density at radius 2 is 2.20 bits per heavy atom. The van der Waals surface area contributed by atoms with Crippen molar-refractivity contribution in [2.45, 2.75) is 0 Å². The quantitative estimate of drug-likeness (QED) is 0.358. The van der Waals surface area contributed by atoms with Crippen LogP contribution in [0, 0.1) is 10.1 Å². The molecule has 0 aromatic carbocycles. The molecule has 0 amide bonds. The summed E-state index contributed by atoms with van der Waals surface area (Å²) in [5, 5.41) is 10.1. The van der Waals surface area contributed by atoms with Crippen LogP contribution in [0.1, 0.15) is 0 Å². The lowest BCUT2D eigenvalue weighted by atomic mass is 10.3. The average Bonchev–Trinajstić information content (AvgIpc) is 1.81. The molecule has 0 atom stereocenters. The third kappa shape index (κ3) is 2.13. The van der Waals surface area contributed by atoms with Gasteiger partial charge in [-0.2, -0.15) is 0 Å². The molecule has 0 aliphatic rings. The Labute approximate surface area is 58.5 Å². The lowest BCUT2D eigenvalue weighted by molar-refractivity contribution is -0.420. The van der Waals surface area contributed by atoms with Gasteiger partial charge >= 0.3 is 0 Å². The largest absolute Gasteiger partial charge is 0.394 e. The van der Waals surface area contributed by atoms with Crippen molar-refractivity contribution in [1.29, 1.82) is 0 Å². The first kappa shape index (κ1) is 8.42. The normalized spacial score (nSPS) is 10.6. The fourth-order valence-electron chi connectivity index (χ4n) is 0.397. The molecule has 0 aliphatic carbocycles. The summed E-state index contributed by atoms with van der Waals surface area (Å²) >= 11 is 0. The molecular weight excluding hydrogens is 132 g/mol. The van der Waals surface area contributed by atoms with E-state index in [0.29, 0.717) is 0 Å². The van der Waals surface area contributed by atoms with Gasteiger partial charge in [-0.15, -0.1) is 0 Å². The fraction of sp³-hybridized carbons (Fsp3) is 0. The molecule has 0 fully saturated rings. The molecule has 4 heteroatoms. The number of nitrogens with two attached hydrogens (primary N) is 1. The van der Waals surface area contributed by atoms with E-state index in [1.165, 1.54) is 12.2 Å². The highest BCUT2D eigenvalue weighted by Gasteiger charge is 2.09. The number of rotatable bonds is 3. The molecule has 0 rings (SSSR count). The first-order valence-electron chi connectivity index (χ1n) is 2.51. The number of nitrogens with zero attached hydrogens (tertiary/aromatic N) is 1. The van der Waals surface area contributed by atoms with Crippen molar-refractivity contribution >= 4 is 0 Å². The molecule has 0 unspecified atom stereocenters. The minimum Gasteiger partial charge on any atom is -0.394 e. The Morgan fingerprint density at radius 3 is 2.30 bits per heavy atom. The van der Waals surface area contributed by atoms with Gasteiger partial charge in [-0.05, 0) is 0 Å². The van der Waals surface area contributed by atoms with Crippen molar-refractivity contribution in [3.63, 3.8) is 0 Å². The lowest BCUT2D eigenvalue weighted by Crippen LogP contribution is -2.07. The van der Waals surface area contributed by atoms with Crippen LogP contribution < -0.4 is 5.73 Å². The molecule has 0 saturated heterocycles. The summed E-state index contributed by atoms with van der Waals surface area (Å²) in [6.07, 6.45) is 2.48. The topological polar surface area (TPSA) is 69.2 Å². The van der Waals surface area contributed by atoms with Crippen molar-refractivity contribution in [2.24, 2.45) is 5.73 Å². The summed E-state index contributed by atoms with van der Waals surface area (Å²) in [6, 6.07) is 0. The summed E-state index contributed by atoms with van der Waals surface area (Å²) in [5.74, 6) is 0. The molecule has 0 saturated carbocycles. The zero-order chi connectivity index (χ0) is 8.15. The molecule has 10 heavy (non-hydrogen) atoms. The summed E-state index contributed by atoms with van der Waals surface area (Å²) in [4.78, 5) is 9.47. The van der Waals surface area contributed by atoms with Gasteiger partial charge in [0.15, 0.2) is 0 Å². The van der Waals surface area contributed by atoms with Crippen molar-refractivity contribution < 1.29 is 4.92 Å². The van der Waals surface area contributed by atoms with Gasteiger partial charge in [0.1, 0.15) is 5.70 Å². The van der Waals surface area contributed by atoms with Crippen LogP contribution in [-0.2, 0) is 0 Å². The van der Waals surface area contributed by atoms with Crippen LogP contribution in [0.4, 0.5) is 0 Å². The maximum absolute atomic E-state index is 10.1. The Kier molecular flexibility index (Phi) is 2.90. The highest BCUT2D eigenvalue weighted by molar-refractivity contribution is 5.21. The van der Waals surface area contributed by atoms with E-state index in [-0.39, 0.29) is 11.4 Å². The van der Waals surface area contributed by atoms with Crippen LogP contribution in [0.3, 0.4) is 0 Å². The predicted octanol–water partition coefficient (Wildman–Crippen LogP) is 0.805. The van der Waals surface area contributed by atoms with E-state index < -0.39 is 4.92 Å². The smallest absolute Gasteiger partial charge is 0.291 e. The van der Waals surface area contributed by atoms with Gasteiger partial charge < -0.3 is 5.73 Å². The van der Waals surface area contributed by atoms with Crippen molar-refractivity contribution in [3.8, 4) is 0 Å². The van der Waals surface area contributed by atoms with Crippen LogP contribution in [0.15, 0.2) is 36.7 Å².